The highest BCUT2D eigenvalue weighted by Crippen LogP contribution is 2.30. The van der Waals surface area contributed by atoms with Gasteiger partial charge in [0, 0.05) is 18.6 Å². The topological polar surface area (TPSA) is 49.5 Å². The Hall–Kier alpha value is -0.120. The zero-order valence-electron chi connectivity index (χ0n) is 9.45. The van der Waals surface area contributed by atoms with Gasteiger partial charge in [0.05, 0.1) is 6.61 Å². The van der Waals surface area contributed by atoms with Crippen molar-refractivity contribution < 1.29 is 5.11 Å². The molecule has 0 bridgehead atoms. The number of aliphatic hydroxyl groups is 1. The van der Waals surface area contributed by atoms with Gasteiger partial charge in [-0.2, -0.15) is 0 Å². The van der Waals surface area contributed by atoms with Gasteiger partial charge in [-0.15, -0.1) is 0 Å². The first-order valence-corrected chi connectivity index (χ1v) is 5.75. The van der Waals surface area contributed by atoms with Crippen molar-refractivity contribution in [1.82, 2.24) is 4.90 Å². The van der Waals surface area contributed by atoms with Gasteiger partial charge >= 0.3 is 0 Å². The summed E-state index contributed by atoms with van der Waals surface area (Å²) in [6, 6.07) is 0.268. The highest BCUT2D eigenvalue weighted by molar-refractivity contribution is 4.84. The second-order valence-corrected chi connectivity index (χ2v) is 4.59. The molecule has 0 amide bonds. The van der Waals surface area contributed by atoms with Crippen molar-refractivity contribution in [3.05, 3.63) is 0 Å². The van der Waals surface area contributed by atoms with Crippen LogP contribution in [0.3, 0.4) is 0 Å². The molecule has 0 saturated heterocycles. The van der Waals surface area contributed by atoms with Gasteiger partial charge < -0.3 is 10.8 Å². The molecule has 84 valence electrons. The Kier molecular flexibility index (Phi) is 4.85. The quantitative estimate of drug-likeness (QED) is 0.639. The van der Waals surface area contributed by atoms with E-state index < -0.39 is 0 Å². The number of aliphatic hydroxyl groups excluding tert-OH is 1. The first kappa shape index (κ1) is 12.0. The van der Waals surface area contributed by atoms with Crippen LogP contribution in [0.4, 0.5) is 0 Å². The van der Waals surface area contributed by atoms with Gasteiger partial charge in [0.2, 0.25) is 0 Å². The van der Waals surface area contributed by atoms with E-state index >= 15 is 0 Å². The van der Waals surface area contributed by atoms with Crippen LogP contribution in [0.2, 0.25) is 0 Å². The molecule has 14 heavy (non-hydrogen) atoms. The fourth-order valence-electron chi connectivity index (χ4n) is 1.97. The summed E-state index contributed by atoms with van der Waals surface area (Å²) in [6.45, 7) is 3.42. The lowest BCUT2D eigenvalue weighted by atomic mass is 10.0. The maximum Gasteiger partial charge on any atom is 0.0601 e. The summed E-state index contributed by atoms with van der Waals surface area (Å²) in [5, 5.41) is 9.31. The zero-order chi connectivity index (χ0) is 10.6. The lowest BCUT2D eigenvalue weighted by Gasteiger charge is -2.31. The van der Waals surface area contributed by atoms with Crippen LogP contribution in [0, 0.1) is 5.92 Å². The molecule has 0 aliphatic heterocycles. The maximum atomic E-state index is 9.31. The Balaban J connectivity index is 2.33. The Morgan fingerprint density at radius 1 is 1.50 bits per heavy atom. The first-order valence-electron chi connectivity index (χ1n) is 5.75. The highest BCUT2D eigenvalue weighted by atomic mass is 16.3. The molecular formula is C11H24N2O. The van der Waals surface area contributed by atoms with Crippen LogP contribution in [-0.4, -0.2) is 42.3 Å². The normalized spacial score (nSPS) is 21.2. The number of nitrogens with two attached hydrogens (primary N) is 1. The van der Waals surface area contributed by atoms with Crippen molar-refractivity contribution in [2.24, 2.45) is 11.7 Å². The highest BCUT2D eigenvalue weighted by Gasteiger charge is 2.28. The predicted molar refractivity (Wildman–Crippen MR) is 59.1 cm³/mol. The number of hydrogen-bond acceptors (Lipinski definition) is 3. The molecule has 0 radical (unpaired) electrons. The molecule has 1 aliphatic carbocycles. The monoisotopic (exact) mass is 200 g/mol. The summed E-state index contributed by atoms with van der Waals surface area (Å²) in [5.41, 5.74) is 6.03. The van der Waals surface area contributed by atoms with Gasteiger partial charge in [-0.25, -0.2) is 0 Å². The molecule has 0 aromatic carbocycles. The van der Waals surface area contributed by atoms with Crippen LogP contribution in [-0.2, 0) is 0 Å². The first-order chi connectivity index (χ1) is 6.69. The SMILES string of the molecule is CCCC(N)C(CO)N(C)CC1CC1. The van der Waals surface area contributed by atoms with E-state index in [-0.39, 0.29) is 18.7 Å². The molecule has 3 heteroatoms. The Morgan fingerprint density at radius 3 is 2.57 bits per heavy atom. The number of rotatable bonds is 7. The average Bonchev–Trinajstić information content (AvgIpc) is 2.90. The molecular weight excluding hydrogens is 176 g/mol. The van der Waals surface area contributed by atoms with Crippen molar-refractivity contribution in [3.63, 3.8) is 0 Å². The lowest BCUT2D eigenvalue weighted by molar-refractivity contribution is 0.120. The number of likely N-dealkylation sites (N-methyl/N-ethyl adjacent to an activating group) is 1. The maximum absolute atomic E-state index is 9.31. The Labute approximate surface area is 87.3 Å². The molecule has 1 rings (SSSR count). The molecule has 1 aliphatic rings. The molecule has 0 heterocycles. The molecule has 0 aromatic rings. The predicted octanol–water partition coefficient (Wildman–Crippen LogP) is 0.816. The van der Waals surface area contributed by atoms with E-state index in [9.17, 15) is 5.11 Å². The van der Waals surface area contributed by atoms with Gasteiger partial charge in [-0.3, -0.25) is 4.90 Å². The fraction of sp³-hybridized carbons (Fsp3) is 1.00. The van der Waals surface area contributed by atoms with E-state index in [1.54, 1.807) is 0 Å². The second kappa shape index (κ2) is 5.69. The van der Waals surface area contributed by atoms with Crippen LogP contribution in [0.1, 0.15) is 32.6 Å². The zero-order valence-corrected chi connectivity index (χ0v) is 9.45. The standard InChI is InChI=1S/C11H24N2O/c1-3-4-10(12)11(8-14)13(2)7-9-5-6-9/h9-11,14H,3-8,12H2,1-2H3. The third kappa shape index (κ3) is 3.56. The largest absolute Gasteiger partial charge is 0.395 e. The smallest absolute Gasteiger partial charge is 0.0601 e. The second-order valence-electron chi connectivity index (χ2n) is 4.59. The van der Waals surface area contributed by atoms with Gasteiger partial charge in [0.15, 0.2) is 0 Å². The van der Waals surface area contributed by atoms with Crippen molar-refractivity contribution in [2.75, 3.05) is 20.2 Å². The van der Waals surface area contributed by atoms with Crippen molar-refractivity contribution in [1.29, 1.82) is 0 Å². The minimum Gasteiger partial charge on any atom is -0.395 e. The van der Waals surface area contributed by atoms with Crippen LogP contribution in [0.15, 0.2) is 0 Å². The minimum atomic E-state index is 0.119. The fourth-order valence-corrected chi connectivity index (χ4v) is 1.97. The van der Waals surface area contributed by atoms with E-state index in [2.05, 4.69) is 18.9 Å². The van der Waals surface area contributed by atoms with Gasteiger partial charge in [-0.05, 0) is 32.2 Å². The Bertz CT molecular complexity index is 159. The van der Waals surface area contributed by atoms with Crippen molar-refractivity contribution in [2.45, 2.75) is 44.7 Å². The number of nitrogens with zero attached hydrogens (tertiary/aromatic N) is 1. The molecule has 2 unspecified atom stereocenters. The Morgan fingerprint density at radius 2 is 2.14 bits per heavy atom. The molecule has 0 aromatic heterocycles. The van der Waals surface area contributed by atoms with Crippen molar-refractivity contribution >= 4 is 0 Å². The molecule has 2 atom stereocenters. The summed E-state index contributed by atoms with van der Waals surface area (Å²) >= 11 is 0. The van der Waals surface area contributed by atoms with Crippen LogP contribution < -0.4 is 5.73 Å². The summed E-state index contributed by atoms with van der Waals surface area (Å²) in [5.74, 6) is 0.864. The molecule has 3 N–H and O–H groups in total. The average molecular weight is 200 g/mol. The van der Waals surface area contributed by atoms with Gasteiger partial charge in [0.25, 0.3) is 0 Å². The summed E-state index contributed by atoms with van der Waals surface area (Å²) in [6.07, 6.45) is 4.80. The van der Waals surface area contributed by atoms with Crippen molar-refractivity contribution in [3.8, 4) is 0 Å². The van der Waals surface area contributed by atoms with Gasteiger partial charge in [-0.1, -0.05) is 13.3 Å². The molecule has 0 spiro atoms. The molecule has 3 nitrogen and oxygen atoms in total. The van der Waals surface area contributed by atoms with E-state index in [1.807, 2.05) is 0 Å². The number of hydrogen-bond donors (Lipinski definition) is 2. The van der Waals surface area contributed by atoms with E-state index in [0.717, 1.165) is 25.3 Å². The molecule has 1 fully saturated rings. The summed E-state index contributed by atoms with van der Waals surface area (Å²) < 4.78 is 0. The summed E-state index contributed by atoms with van der Waals surface area (Å²) in [7, 11) is 2.08. The minimum absolute atomic E-state index is 0.119. The van der Waals surface area contributed by atoms with Crippen LogP contribution in [0.5, 0.6) is 0 Å². The van der Waals surface area contributed by atoms with Gasteiger partial charge in [0.1, 0.15) is 0 Å². The van der Waals surface area contributed by atoms with E-state index in [1.165, 1.54) is 12.8 Å². The van der Waals surface area contributed by atoms with Crippen LogP contribution >= 0.6 is 0 Å². The van der Waals surface area contributed by atoms with E-state index in [4.69, 9.17) is 5.73 Å². The summed E-state index contributed by atoms with van der Waals surface area (Å²) in [4.78, 5) is 2.23. The van der Waals surface area contributed by atoms with E-state index in [0.29, 0.717) is 0 Å². The third-order valence-corrected chi connectivity index (χ3v) is 3.11. The van der Waals surface area contributed by atoms with Crippen LogP contribution in [0.25, 0.3) is 0 Å². The third-order valence-electron chi connectivity index (χ3n) is 3.11. The lowest BCUT2D eigenvalue weighted by Crippen LogP contribution is -2.49. The molecule has 1 saturated carbocycles.